The van der Waals surface area contributed by atoms with Crippen LogP contribution in [0.3, 0.4) is 0 Å². The molecule has 0 saturated carbocycles. The third kappa shape index (κ3) is 3.83. The van der Waals surface area contributed by atoms with Crippen LogP contribution in [0, 0.1) is 0 Å². The van der Waals surface area contributed by atoms with E-state index in [1.165, 1.54) is 6.20 Å². The maximum absolute atomic E-state index is 12.6. The van der Waals surface area contributed by atoms with Gasteiger partial charge in [-0.05, 0) is 31.2 Å². The van der Waals surface area contributed by atoms with Crippen molar-refractivity contribution in [3.05, 3.63) is 45.5 Å². The number of anilines is 1. The van der Waals surface area contributed by atoms with Crippen LogP contribution in [0.15, 0.2) is 29.3 Å². The molecule has 10 heteroatoms. The monoisotopic (exact) mass is 404 g/mol. The fraction of sp³-hybridized carbons (Fsp3) is 0.438. The van der Waals surface area contributed by atoms with Crippen molar-refractivity contribution in [3.8, 4) is 5.82 Å². The van der Waals surface area contributed by atoms with Crippen molar-refractivity contribution in [2.24, 2.45) is 0 Å². The Balaban J connectivity index is 1.96. The van der Waals surface area contributed by atoms with Crippen molar-refractivity contribution < 1.29 is 13.2 Å². The van der Waals surface area contributed by atoms with E-state index in [-0.39, 0.29) is 16.9 Å². The quantitative estimate of drug-likeness (QED) is 0.765. The van der Waals surface area contributed by atoms with E-state index in [4.69, 9.17) is 11.6 Å². The fourth-order valence-corrected chi connectivity index (χ4v) is 3.99. The van der Waals surface area contributed by atoms with Gasteiger partial charge in [-0.15, -0.1) is 0 Å². The Morgan fingerprint density at radius 1 is 1.27 bits per heavy atom. The van der Waals surface area contributed by atoms with Crippen molar-refractivity contribution >= 4 is 29.1 Å². The van der Waals surface area contributed by atoms with Crippen LogP contribution in [0.25, 0.3) is 5.82 Å². The van der Waals surface area contributed by atoms with E-state index in [0.717, 1.165) is 41.3 Å². The van der Waals surface area contributed by atoms with Crippen LogP contribution < -0.4 is 10.5 Å². The van der Waals surface area contributed by atoms with Gasteiger partial charge in [-0.25, -0.2) is 4.98 Å². The zero-order valence-electron chi connectivity index (χ0n) is 13.8. The fourth-order valence-electron chi connectivity index (χ4n) is 2.72. The lowest BCUT2D eigenvalue weighted by atomic mass is 10.2. The predicted octanol–water partition coefficient (Wildman–Crippen LogP) is 3.63. The van der Waals surface area contributed by atoms with Crippen LogP contribution in [0.4, 0.5) is 18.9 Å². The summed E-state index contributed by atoms with van der Waals surface area (Å²) in [6.07, 6.45) is -1.40. The highest BCUT2D eigenvalue weighted by Gasteiger charge is 2.31. The minimum atomic E-state index is -4.49. The molecule has 1 fully saturated rings. The number of nitrogens with zero attached hydrogens (tertiary/aromatic N) is 4. The second-order valence-electron chi connectivity index (χ2n) is 5.91. The molecule has 0 spiro atoms. The Morgan fingerprint density at radius 3 is 2.69 bits per heavy atom. The molecule has 0 aromatic carbocycles. The molecule has 1 saturated heterocycles. The van der Waals surface area contributed by atoms with Crippen molar-refractivity contribution in [2.45, 2.75) is 25.6 Å². The predicted molar refractivity (Wildman–Crippen MR) is 96.4 cm³/mol. The lowest BCUT2D eigenvalue weighted by Crippen LogP contribution is -2.36. The van der Waals surface area contributed by atoms with Crippen LogP contribution in [0.5, 0.6) is 0 Å². The number of pyridine rings is 1. The van der Waals surface area contributed by atoms with E-state index in [0.29, 0.717) is 11.9 Å². The van der Waals surface area contributed by atoms with E-state index >= 15 is 0 Å². The normalized spacial score (nSPS) is 18.7. The van der Waals surface area contributed by atoms with E-state index in [2.05, 4.69) is 17.0 Å². The Kier molecular flexibility index (Phi) is 5.47. The molecule has 0 radical (unpaired) electrons. The van der Waals surface area contributed by atoms with Gasteiger partial charge in [-0.1, -0.05) is 11.6 Å². The average molecular weight is 405 g/mol. The number of aromatic nitrogens is 3. The Morgan fingerprint density at radius 2 is 2.04 bits per heavy atom. The summed E-state index contributed by atoms with van der Waals surface area (Å²) >= 11 is 8.12. The number of hydrogen-bond acceptors (Lipinski definition) is 5. The van der Waals surface area contributed by atoms with Crippen LogP contribution in [0.1, 0.15) is 18.9 Å². The number of thioether (sulfide) groups is 1. The molecular weight excluding hydrogens is 389 g/mol. The van der Waals surface area contributed by atoms with Gasteiger partial charge in [0.1, 0.15) is 5.02 Å². The van der Waals surface area contributed by atoms with E-state index in [1.54, 1.807) is 0 Å². The molecular formula is C16H16ClF3N4OS. The first-order valence-corrected chi connectivity index (χ1v) is 9.48. The standard InChI is InChI=1S/C16H16ClF3N4OS/c1-10-4-6-26-7-5-23(10)12-9-22-24(15(25)14(12)17)13-3-2-11(8-21-13)16(18,19)20/h2-3,8-10H,4-7H2,1H3/t10-/m0/s1. The highest BCUT2D eigenvalue weighted by molar-refractivity contribution is 7.99. The first kappa shape index (κ1) is 19.0. The summed E-state index contributed by atoms with van der Waals surface area (Å²) in [5.74, 6) is 1.94. The van der Waals surface area contributed by atoms with Crippen molar-refractivity contribution in [3.63, 3.8) is 0 Å². The zero-order valence-corrected chi connectivity index (χ0v) is 15.4. The summed E-state index contributed by atoms with van der Waals surface area (Å²) in [7, 11) is 0. The van der Waals surface area contributed by atoms with Gasteiger partial charge < -0.3 is 4.90 Å². The summed E-state index contributed by atoms with van der Waals surface area (Å²) in [5, 5.41) is 4.06. The summed E-state index contributed by atoms with van der Waals surface area (Å²) in [6, 6.07) is 2.16. The summed E-state index contributed by atoms with van der Waals surface area (Å²) < 4.78 is 38.8. The van der Waals surface area contributed by atoms with Crippen LogP contribution >= 0.6 is 23.4 Å². The molecule has 5 nitrogen and oxygen atoms in total. The second kappa shape index (κ2) is 7.48. The highest BCUT2D eigenvalue weighted by Crippen LogP contribution is 2.29. The van der Waals surface area contributed by atoms with Crippen molar-refractivity contribution in [1.82, 2.24) is 14.8 Å². The van der Waals surface area contributed by atoms with Crippen LogP contribution in [-0.2, 0) is 6.18 Å². The van der Waals surface area contributed by atoms with Gasteiger partial charge in [0.2, 0.25) is 0 Å². The molecule has 26 heavy (non-hydrogen) atoms. The Labute approximate surface area is 157 Å². The molecule has 1 atom stereocenters. The molecule has 0 unspecified atom stereocenters. The molecule has 0 aliphatic carbocycles. The lowest BCUT2D eigenvalue weighted by molar-refractivity contribution is -0.137. The Bertz CT molecular complexity index is 841. The summed E-state index contributed by atoms with van der Waals surface area (Å²) in [5.41, 5.74) is -0.969. The maximum Gasteiger partial charge on any atom is 0.417 e. The van der Waals surface area contributed by atoms with E-state index in [1.807, 2.05) is 16.7 Å². The van der Waals surface area contributed by atoms with Crippen LogP contribution in [-0.4, -0.2) is 38.9 Å². The number of alkyl halides is 3. The largest absolute Gasteiger partial charge is 0.417 e. The van der Waals surface area contributed by atoms with Gasteiger partial charge in [0, 0.05) is 24.5 Å². The van der Waals surface area contributed by atoms with E-state index in [9.17, 15) is 18.0 Å². The van der Waals surface area contributed by atoms with Gasteiger partial charge in [-0.2, -0.15) is 34.7 Å². The molecule has 1 aliphatic heterocycles. The molecule has 1 aliphatic rings. The van der Waals surface area contributed by atoms with Crippen LogP contribution in [0.2, 0.25) is 5.02 Å². The zero-order chi connectivity index (χ0) is 18.9. The minimum Gasteiger partial charge on any atom is -0.365 e. The smallest absolute Gasteiger partial charge is 0.365 e. The van der Waals surface area contributed by atoms with Gasteiger partial charge in [-0.3, -0.25) is 4.79 Å². The summed E-state index contributed by atoms with van der Waals surface area (Å²) in [6.45, 7) is 2.81. The SMILES string of the molecule is C[C@H]1CCSCCN1c1cnn(-c2ccc(C(F)(F)F)cn2)c(=O)c1Cl. The topological polar surface area (TPSA) is 51.0 Å². The number of hydrogen-bond donors (Lipinski definition) is 0. The number of rotatable bonds is 2. The molecule has 0 amide bonds. The maximum atomic E-state index is 12.6. The van der Waals surface area contributed by atoms with Gasteiger partial charge >= 0.3 is 6.18 Å². The molecule has 2 aromatic heterocycles. The molecule has 140 valence electrons. The number of halogens is 4. The average Bonchev–Trinajstić information content (AvgIpc) is 2.81. The van der Waals surface area contributed by atoms with Crippen molar-refractivity contribution in [1.29, 1.82) is 0 Å². The van der Waals surface area contributed by atoms with Crippen molar-refractivity contribution in [2.75, 3.05) is 23.0 Å². The lowest BCUT2D eigenvalue weighted by Gasteiger charge is -2.29. The summed E-state index contributed by atoms with van der Waals surface area (Å²) in [4.78, 5) is 18.3. The first-order valence-electron chi connectivity index (χ1n) is 7.95. The van der Waals surface area contributed by atoms with Gasteiger partial charge in [0.15, 0.2) is 5.82 Å². The molecule has 0 N–H and O–H groups in total. The molecule has 0 bridgehead atoms. The third-order valence-corrected chi connectivity index (χ3v) is 5.54. The first-order chi connectivity index (χ1) is 12.3. The third-order valence-electron chi connectivity index (χ3n) is 4.19. The van der Waals surface area contributed by atoms with E-state index < -0.39 is 17.3 Å². The molecule has 3 rings (SSSR count). The molecule has 3 heterocycles. The Hall–Kier alpha value is -1.74. The highest BCUT2D eigenvalue weighted by atomic mass is 35.5. The minimum absolute atomic E-state index is 0.0135. The van der Waals surface area contributed by atoms with Gasteiger partial charge in [0.05, 0.1) is 17.4 Å². The van der Waals surface area contributed by atoms with Gasteiger partial charge in [0.25, 0.3) is 5.56 Å². The second-order valence-corrected chi connectivity index (χ2v) is 7.51. The molecule has 2 aromatic rings.